The number of ketones is 1. The highest BCUT2D eigenvalue weighted by Gasteiger charge is 2.29. The number of carbonyl (C=O) groups is 2. The van der Waals surface area contributed by atoms with E-state index in [4.69, 9.17) is 9.47 Å². The van der Waals surface area contributed by atoms with Crippen LogP contribution in [0.25, 0.3) is 0 Å². The van der Waals surface area contributed by atoms with Crippen LogP contribution in [0, 0.1) is 0 Å². The number of amides is 1. The molecule has 0 bridgehead atoms. The summed E-state index contributed by atoms with van der Waals surface area (Å²) in [7, 11) is -4.83. The van der Waals surface area contributed by atoms with Crippen molar-refractivity contribution in [2.24, 2.45) is 0 Å². The molecule has 0 saturated heterocycles. The second kappa shape index (κ2) is 9.43. The van der Waals surface area contributed by atoms with Crippen LogP contribution in [0.2, 0.25) is 0 Å². The smallest absolute Gasteiger partial charge is 0.242 e. The van der Waals surface area contributed by atoms with Crippen LogP contribution in [0.1, 0.15) is 23.2 Å². The number of anilines is 1. The van der Waals surface area contributed by atoms with Crippen LogP contribution in [-0.2, 0) is 24.7 Å². The lowest BCUT2D eigenvalue weighted by Crippen LogP contribution is -2.36. The third kappa shape index (κ3) is 6.01. The maximum Gasteiger partial charge on any atom is 0.242 e. The number of rotatable bonds is 9. The molecule has 2 aromatic rings. The number of benzene rings is 1. The fourth-order valence-electron chi connectivity index (χ4n) is 2.69. The molecule has 0 aliphatic heterocycles. The van der Waals surface area contributed by atoms with Crippen LogP contribution >= 0.6 is 0 Å². The first kappa shape index (κ1) is 24.3. The molecule has 0 atom stereocenters. The monoisotopic (exact) mass is 470 g/mol. The molecule has 0 aliphatic carbocycles. The summed E-state index contributed by atoms with van der Waals surface area (Å²) < 4.78 is 58.2. The van der Waals surface area contributed by atoms with Crippen molar-refractivity contribution < 1.29 is 35.9 Å². The average Bonchev–Trinajstić information content (AvgIpc) is 2.70. The van der Waals surface area contributed by atoms with E-state index in [1.54, 1.807) is 0 Å². The third-order valence-corrected chi connectivity index (χ3v) is 6.36. The van der Waals surface area contributed by atoms with E-state index < -0.39 is 38.0 Å². The molecule has 2 rings (SSSR count). The molecule has 1 aromatic heterocycles. The van der Waals surface area contributed by atoms with Gasteiger partial charge in [0.25, 0.3) is 0 Å². The Morgan fingerprint density at radius 3 is 2.00 bits per heavy atom. The third-order valence-electron chi connectivity index (χ3n) is 4.16. The van der Waals surface area contributed by atoms with Crippen molar-refractivity contribution in [1.82, 2.24) is 4.98 Å². The van der Waals surface area contributed by atoms with Gasteiger partial charge < -0.3 is 9.47 Å². The van der Waals surface area contributed by atoms with Crippen molar-refractivity contribution in [2.75, 3.05) is 31.0 Å². The Kier molecular flexibility index (Phi) is 7.39. The Morgan fingerprint density at radius 2 is 1.52 bits per heavy atom. The van der Waals surface area contributed by atoms with E-state index in [-0.39, 0.29) is 34.3 Å². The number of hydrogen-bond acceptors (Lipinski definition) is 9. The number of nitrogens with zero attached hydrogens (tertiary/aromatic N) is 2. The van der Waals surface area contributed by atoms with Gasteiger partial charge in [-0.2, -0.15) is 4.98 Å². The molecular formula is C19H22N2O8S2. The summed E-state index contributed by atoms with van der Waals surface area (Å²) in [4.78, 5) is 29.2. The van der Waals surface area contributed by atoms with E-state index in [9.17, 15) is 26.4 Å². The van der Waals surface area contributed by atoms with Gasteiger partial charge >= 0.3 is 0 Å². The zero-order valence-electron chi connectivity index (χ0n) is 17.4. The first-order valence-corrected chi connectivity index (χ1v) is 12.6. The molecular weight excluding hydrogens is 448 g/mol. The SMILES string of the molecule is COc1ccc(N(C(=O)CCC(=O)c2ccc(S(C)(=O)=O)cc2)S(C)(=O)=O)c(OC)n1. The molecule has 168 valence electrons. The number of carbonyl (C=O) groups excluding carboxylic acids is 2. The van der Waals surface area contributed by atoms with Gasteiger partial charge in [-0.05, 0) is 18.2 Å². The molecule has 0 N–H and O–H groups in total. The van der Waals surface area contributed by atoms with Gasteiger partial charge in [-0.1, -0.05) is 12.1 Å². The van der Waals surface area contributed by atoms with Gasteiger partial charge in [-0.3, -0.25) is 9.59 Å². The number of aromatic nitrogens is 1. The van der Waals surface area contributed by atoms with Gasteiger partial charge in [0.05, 0.1) is 25.4 Å². The van der Waals surface area contributed by atoms with Crippen molar-refractivity contribution >= 4 is 37.2 Å². The average molecular weight is 471 g/mol. The number of sulfonamides is 1. The molecule has 0 aliphatic rings. The Morgan fingerprint density at radius 1 is 0.903 bits per heavy atom. The maximum absolute atomic E-state index is 12.7. The van der Waals surface area contributed by atoms with E-state index in [0.29, 0.717) is 4.31 Å². The van der Waals surface area contributed by atoms with Crippen LogP contribution in [0.4, 0.5) is 5.69 Å². The van der Waals surface area contributed by atoms with Gasteiger partial charge in [0.2, 0.25) is 27.7 Å². The summed E-state index contributed by atoms with van der Waals surface area (Å²) in [6, 6.07) is 7.96. The van der Waals surface area contributed by atoms with Crippen molar-refractivity contribution in [2.45, 2.75) is 17.7 Å². The lowest BCUT2D eigenvalue weighted by atomic mass is 10.1. The largest absolute Gasteiger partial charge is 0.481 e. The van der Waals surface area contributed by atoms with Crippen LogP contribution < -0.4 is 13.8 Å². The summed E-state index contributed by atoms with van der Waals surface area (Å²) in [5.74, 6) is -1.27. The second-order valence-corrected chi connectivity index (χ2v) is 10.4. The first-order valence-electron chi connectivity index (χ1n) is 8.84. The number of hydrogen-bond donors (Lipinski definition) is 0. The molecule has 0 saturated carbocycles. The van der Waals surface area contributed by atoms with Gasteiger partial charge in [0.15, 0.2) is 15.6 Å². The minimum atomic E-state index is -4.06. The Labute approximate surface area is 180 Å². The fraction of sp³-hybridized carbons (Fsp3) is 0.316. The molecule has 1 aromatic carbocycles. The predicted molar refractivity (Wildman–Crippen MR) is 113 cm³/mol. The van der Waals surface area contributed by atoms with Crippen molar-refractivity contribution in [1.29, 1.82) is 0 Å². The van der Waals surface area contributed by atoms with Gasteiger partial charge in [-0.15, -0.1) is 0 Å². The molecule has 0 fully saturated rings. The predicted octanol–water partition coefficient (Wildman–Crippen LogP) is 1.46. The maximum atomic E-state index is 12.7. The minimum absolute atomic E-state index is 0.0579. The summed E-state index contributed by atoms with van der Waals surface area (Å²) in [6.45, 7) is 0. The Bertz CT molecular complexity index is 1190. The molecule has 10 nitrogen and oxygen atoms in total. The Hall–Kier alpha value is -2.99. The lowest BCUT2D eigenvalue weighted by molar-refractivity contribution is -0.117. The molecule has 12 heteroatoms. The van der Waals surface area contributed by atoms with E-state index in [2.05, 4.69) is 4.98 Å². The normalized spacial score (nSPS) is 11.6. The lowest BCUT2D eigenvalue weighted by Gasteiger charge is -2.22. The first-order chi connectivity index (χ1) is 14.4. The molecule has 0 spiro atoms. The number of pyridine rings is 1. The number of Topliss-reactive ketones (excluding diaryl/α,β-unsaturated/α-hetero) is 1. The van der Waals surface area contributed by atoms with Crippen molar-refractivity contribution in [3.8, 4) is 11.8 Å². The summed E-state index contributed by atoms with van der Waals surface area (Å²) in [5.41, 5.74) is 0.0931. The van der Waals surface area contributed by atoms with Crippen LogP contribution in [0.3, 0.4) is 0 Å². The molecule has 1 amide bonds. The van der Waals surface area contributed by atoms with E-state index in [1.807, 2.05) is 0 Å². The van der Waals surface area contributed by atoms with Crippen LogP contribution in [0.15, 0.2) is 41.3 Å². The summed E-state index contributed by atoms with van der Waals surface area (Å²) >= 11 is 0. The highest BCUT2D eigenvalue weighted by atomic mass is 32.2. The van der Waals surface area contributed by atoms with E-state index >= 15 is 0 Å². The highest BCUT2D eigenvalue weighted by Crippen LogP contribution is 2.31. The topological polar surface area (TPSA) is 137 Å². The molecule has 31 heavy (non-hydrogen) atoms. The molecule has 1 heterocycles. The molecule has 0 unspecified atom stereocenters. The van der Waals surface area contributed by atoms with Crippen molar-refractivity contribution in [3.05, 3.63) is 42.0 Å². The molecule has 0 radical (unpaired) electrons. The quantitative estimate of drug-likeness (QED) is 0.499. The second-order valence-electron chi connectivity index (χ2n) is 6.52. The zero-order valence-corrected chi connectivity index (χ0v) is 19.0. The highest BCUT2D eigenvalue weighted by molar-refractivity contribution is 7.92. The summed E-state index contributed by atoms with van der Waals surface area (Å²) in [6.07, 6.45) is 1.20. The zero-order chi connectivity index (χ0) is 23.4. The minimum Gasteiger partial charge on any atom is -0.481 e. The van der Waals surface area contributed by atoms with Crippen molar-refractivity contribution in [3.63, 3.8) is 0 Å². The summed E-state index contributed by atoms with van der Waals surface area (Å²) in [5, 5.41) is 0. The number of sulfone groups is 1. The fourth-order valence-corrected chi connectivity index (χ4v) is 4.27. The number of methoxy groups -OCH3 is 2. The van der Waals surface area contributed by atoms with Gasteiger partial charge in [0, 0.05) is 30.7 Å². The van der Waals surface area contributed by atoms with E-state index in [0.717, 1.165) is 12.5 Å². The van der Waals surface area contributed by atoms with Crippen LogP contribution in [0.5, 0.6) is 11.8 Å². The van der Waals surface area contributed by atoms with E-state index in [1.165, 1.54) is 50.6 Å². The number of ether oxygens (including phenoxy) is 2. The van der Waals surface area contributed by atoms with Crippen LogP contribution in [-0.4, -0.2) is 60.2 Å². The van der Waals surface area contributed by atoms with Gasteiger partial charge in [-0.25, -0.2) is 21.1 Å². The van der Waals surface area contributed by atoms with Gasteiger partial charge in [0.1, 0.15) is 5.69 Å². The standard InChI is InChI=1S/C19H22N2O8S2/c1-28-17-11-9-15(19(20-17)29-2)21(31(4,26)27)18(23)12-10-16(22)13-5-7-14(8-6-13)30(3,24)25/h5-9,11H,10,12H2,1-4H3. The Balaban J connectivity index is 2.24.